The summed E-state index contributed by atoms with van der Waals surface area (Å²) in [4.78, 5) is 4.06. The monoisotopic (exact) mass is 925 g/mol. The molecule has 65 heavy (non-hydrogen) atoms. The zero-order valence-corrected chi connectivity index (χ0v) is 38.8. The quantitative estimate of drug-likeness (QED) is 0.0467. The summed E-state index contributed by atoms with van der Waals surface area (Å²) < 4.78 is 42.2. The van der Waals surface area contributed by atoms with Crippen LogP contribution in [0.25, 0.3) is 16.9 Å². The van der Waals surface area contributed by atoms with Gasteiger partial charge in [-0.2, -0.15) is 49.6 Å². The van der Waals surface area contributed by atoms with Gasteiger partial charge in [0.1, 0.15) is 5.71 Å². The molecule has 7 heteroatoms. The average molecular weight is 927 g/mol. The average Bonchev–Trinajstić information content (AvgIpc) is 3.34. The molecule has 332 valence electrons. The van der Waals surface area contributed by atoms with E-state index in [2.05, 4.69) is 102 Å². The van der Waals surface area contributed by atoms with E-state index in [1.165, 1.54) is 22.0 Å². The molecule has 2 nitrogen and oxygen atoms in total. The summed E-state index contributed by atoms with van der Waals surface area (Å²) in [7, 11) is -0.446. The van der Waals surface area contributed by atoms with Gasteiger partial charge in [0.15, 0.2) is 0 Å². The van der Waals surface area contributed by atoms with Crippen LogP contribution in [0.5, 0.6) is 0 Å². The van der Waals surface area contributed by atoms with Crippen molar-refractivity contribution in [2.24, 2.45) is 4.99 Å². The first-order valence-corrected chi connectivity index (χ1v) is 22.6. The van der Waals surface area contributed by atoms with Crippen molar-refractivity contribution in [1.82, 2.24) is 0 Å². The first kappa shape index (κ1) is 51.3. The summed E-state index contributed by atoms with van der Waals surface area (Å²) in [5.41, 5.74) is 2.04. The molecule has 0 aliphatic rings. The maximum absolute atomic E-state index is 14.1. The third kappa shape index (κ3) is 16.3. The summed E-state index contributed by atoms with van der Waals surface area (Å²) in [5.74, 6) is -0.781. The van der Waals surface area contributed by atoms with Crippen molar-refractivity contribution >= 4 is 41.0 Å². The van der Waals surface area contributed by atoms with Gasteiger partial charge in [-0.1, -0.05) is 234 Å². The molecule has 0 aromatic heterocycles. The molecule has 0 radical (unpaired) electrons. The van der Waals surface area contributed by atoms with E-state index in [9.17, 15) is 18.3 Å². The summed E-state index contributed by atoms with van der Waals surface area (Å²) >= 11 is 0. The van der Waals surface area contributed by atoms with Crippen LogP contribution in [0.2, 0.25) is 0 Å². The van der Waals surface area contributed by atoms with Crippen molar-refractivity contribution in [2.45, 2.75) is 45.7 Å². The van der Waals surface area contributed by atoms with Crippen LogP contribution in [0.1, 0.15) is 56.2 Å². The molecule has 0 saturated heterocycles. The van der Waals surface area contributed by atoms with Crippen LogP contribution in [0, 0.1) is 6.07 Å². The number of allylic oxidation sites excluding steroid dienone is 1. The Morgan fingerprint density at radius 2 is 0.877 bits per heavy atom. The largest absolute Gasteiger partial charge is 2.00 e. The number of hydrogen-bond donors (Lipinski definition) is 0. The van der Waals surface area contributed by atoms with Crippen molar-refractivity contribution in [3.63, 3.8) is 0 Å². The third-order valence-corrected chi connectivity index (χ3v) is 12.2. The zero-order chi connectivity index (χ0) is 45.6. The maximum Gasteiger partial charge on any atom is 2.00 e. The van der Waals surface area contributed by atoms with Gasteiger partial charge in [-0.15, -0.1) is 0 Å². The van der Waals surface area contributed by atoms with Crippen LogP contribution in [-0.4, -0.2) is 11.9 Å². The topological polar surface area (TPSA) is 35.4 Å². The smallest absolute Gasteiger partial charge is 0.872 e. The Labute approximate surface area is 395 Å². The van der Waals surface area contributed by atoms with Gasteiger partial charge in [0.25, 0.3) is 0 Å². The maximum atomic E-state index is 14.1. The minimum absolute atomic E-state index is 0. The first-order chi connectivity index (χ1) is 31.0. The standard InChI is InChI=1S/C28H28F3NO.C18H15P.C6H6.C6H5.Ni/c1-18(2)21-15-10-16-22(19(3)4)27(21)32-26(28(29,30)31)17-25(33)24-14-9-8-13-23(24)20-11-6-5-7-12-20;1-4-10-16(11-5-1)19(17-12-6-2-7-13-17)18-14-8-3-9-15-18;2*1-2-4-6-5-3-1;/h5-19,33H,1-4H3;1-15H;1-6H;1-5H;/q;;;-1;+2/p-1/b25-17-,32-26?;;;;. The van der Waals surface area contributed by atoms with Gasteiger partial charge < -0.3 is 5.11 Å². The minimum Gasteiger partial charge on any atom is -0.872 e. The summed E-state index contributed by atoms with van der Waals surface area (Å²) in [6.07, 6.45) is -4.17. The first-order valence-electron chi connectivity index (χ1n) is 21.2. The number of alkyl halides is 3. The molecule has 8 aromatic rings. The van der Waals surface area contributed by atoms with E-state index >= 15 is 0 Å². The molecular formula is C58H53F3NNiOP. The number of rotatable bonds is 9. The van der Waals surface area contributed by atoms with Crippen LogP contribution in [-0.2, 0) is 16.5 Å². The Kier molecular flexibility index (Phi) is 21.4. The second kappa shape index (κ2) is 27.1. The Hall–Kier alpha value is -6.32. The molecule has 0 unspecified atom stereocenters. The molecule has 0 atom stereocenters. The Morgan fingerprint density at radius 3 is 1.25 bits per heavy atom. The number of aliphatic imine (C=N–C) groups is 1. The molecule has 8 aromatic carbocycles. The van der Waals surface area contributed by atoms with Gasteiger partial charge >= 0.3 is 22.7 Å². The third-order valence-electron chi connectivity index (χ3n) is 9.73. The van der Waals surface area contributed by atoms with E-state index in [0.29, 0.717) is 22.8 Å². The predicted molar refractivity (Wildman–Crippen MR) is 264 cm³/mol. The zero-order valence-electron chi connectivity index (χ0n) is 36.9. The molecule has 0 amide bonds. The van der Waals surface area contributed by atoms with Crippen LogP contribution in [0.15, 0.2) is 242 Å². The van der Waals surface area contributed by atoms with Crippen molar-refractivity contribution in [1.29, 1.82) is 0 Å². The molecule has 0 heterocycles. The Morgan fingerprint density at radius 1 is 0.508 bits per heavy atom. The van der Waals surface area contributed by atoms with Gasteiger partial charge in [-0.3, -0.25) is 0 Å². The normalized spacial score (nSPS) is 11.2. The molecule has 0 bridgehead atoms. The molecule has 0 fully saturated rings. The van der Waals surface area contributed by atoms with Gasteiger partial charge in [-0.25, -0.2) is 4.99 Å². The van der Waals surface area contributed by atoms with Crippen LogP contribution in [0.3, 0.4) is 0 Å². The van der Waals surface area contributed by atoms with Gasteiger partial charge in [0, 0.05) is 0 Å². The fraction of sp³-hybridized carbons (Fsp3) is 0.121. The molecule has 0 saturated carbocycles. The molecule has 0 spiro atoms. The Balaban J connectivity index is 0.000000238. The van der Waals surface area contributed by atoms with Crippen molar-refractivity contribution in [3.8, 4) is 11.1 Å². The van der Waals surface area contributed by atoms with Gasteiger partial charge in [0.2, 0.25) is 0 Å². The molecular weight excluding hydrogens is 873 g/mol. The van der Waals surface area contributed by atoms with Gasteiger partial charge in [-0.05, 0) is 69.6 Å². The molecule has 8 rings (SSSR count). The van der Waals surface area contributed by atoms with Crippen LogP contribution < -0.4 is 21.0 Å². The Bertz CT molecular complexity index is 2380. The van der Waals surface area contributed by atoms with Gasteiger partial charge in [0.05, 0.1) is 5.69 Å². The van der Waals surface area contributed by atoms with E-state index in [1.807, 2.05) is 131 Å². The fourth-order valence-corrected chi connectivity index (χ4v) is 8.92. The van der Waals surface area contributed by atoms with Crippen molar-refractivity contribution in [2.75, 3.05) is 0 Å². The number of halogens is 3. The fourth-order valence-electron chi connectivity index (χ4n) is 6.61. The SMILES string of the molecule is CC(C)c1cccc(C(C)C)c1N=C(/C=C(\[O-])c1ccccc1-c1ccccc1)C(F)(F)F.[Ni+2].[c-]1ccccc1.c1ccc(P(c2ccccc2)c2ccccc2)cc1.c1ccccc1. The number of nitrogens with zero attached hydrogens (tertiary/aromatic N) is 1. The molecule has 0 N–H and O–H groups in total. The van der Waals surface area contributed by atoms with E-state index in [-0.39, 0.29) is 39.6 Å². The van der Waals surface area contributed by atoms with E-state index in [1.54, 1.807) is 30.3 Å². The summed E-state index contributed by atoms with van der Waals surface area (Å²) in [5, 5.41) is 17.3. The van der Waals surface area contributed by atoms with E-state index < -0.39 is 25.6 Å². The minimum atomic E-state index is -4.78. The molecule has 0 aliphatic carbocycles. The predicted octanol–water partition coefficient (Wildman–Crippen LogP) is 14.3. The number of hydrogen-bond acceptors (Lipinski definition) is 2. The summed E-state index contributed by atoms with van der Waals surface area (Å²) in [6, 6.07) is 78.0. The number of para-hydroxylation sites is 1. The van der Waals surface area contributed by atoms with Crippen LogP contribution >= 0.6 is 7.92 Å². The molecule has 0 aliphatic heterocycles. The van der Waals surface area contributed by atoms with Crippen LogP contribution in [0.4, 0.5) is 18.9 Å². The summed E-state index contributed by atoms with van der Waals surface area (Å²) in [6.45, 7) is 7.65. The van der Waals surface area contributed by atoms with E-state index in [0.717, 1.165) is 5.56 Å². The van der Waals surface area contributed by atoms with E-state index in [4.69, 9.17) is 0 Å². The van der Waals surface area contributed by atoms with Crippen molar-refractivity contribution in [3.05, 3.63) is 259 Å². The number of benzene rings is 8. The second-order valence-electron chi connectivity index (χ2n) is 15.1. The second-order valence-corrected chi connectivity index (χ2v) is 17.3. The van der Waals surface area contributed by atoms with Crippen molar-refractivity contribution < 1.29 is 34.8 Å².